The Morgan fingerprint density at radius 2 is 1.93 bits per heavy atom. The van der Waals surface area contributed by atoms with Crippen molar-refractivity contribution in [3.05, 3.63) is 39.5 Å². The molecule has 1 aliphatic heterocycles. The Labute approximate surface area is 171 Å². The van der Waals surface area contributed by atoms with Gasteiger partial charge in [0.15, 0.2) is 9.84 Å². The number of amides is 2. The fraction of sp³-hybridized carbons (Fsp3) is 0.353. The van der Waals surface area contributed by atoms with Gasteiger partial charge in [-0.05, 0) is 31.6 Å². The topological polar surface area (TPSA) is 92.6 Å². The molecule has 0 atom stereocenters. The zero-order valence-electron chi connectivity index (χ0n) is 15.5. The molecule has 1 fully saturated rings. The van der Waals surface area contributed by atoms with Crippen LogP contribution < -0.4 is 0 Å². The highest BCUT2D eigenvalue weighted by Gasteiger charge is 2.31. The van der Waals surface area contributed by atoms with E-state index in [9.17, 15) is 18.0 Å². The number of carbonyl (C=O) groups excluding carboxylic acids is 2. The summed E-state index contributed by atoms with van der Waals surface area (Å²) in [5, 5.41) is 7.32. The van der Waals surface area contributed by atoms with E-state index in [1.54, 1.807) is 20.0 Å². The summed E-state index contributed by atoms with van der Waals surface area (Å²) in [4.78, 5) is 25.7. The highest BCUT2D eigenvalue weighted by molar-refractivity contribution is 7.92. The van der Waals surface area contributed by atoms with E-state index in [4.69, 9.17) is 11.6 Å². The Morgan fingerprint density at radius 1 is 1.25 bits per heavy atom. The summed E-state index contributed by atoms with van der Waals surface area (Å²) >= 11 is 7.07. The predicted molar refractivity (Wildman–Crippen MR) is 107 cm³/mol. The fourth-order valence-corrected chi connectivity index (χ4v) is 5.00. The number of hydrogen-bond acceptors (Lipinski definition) is 6. The molecule has 0 unspecified atom stereocenters. The van der Waals surface area contributed by atoms with Gasteiger partial charge >= 0.3 is 0 Å². The SMILES string of the molecule is Cc1nn(C)c(Cl)c1C=CC(=O)N1CCCN1C(=O)c1ccc(S(C)(=O)=O)s1. The Hall–Kier alpha value is -2.17. The molecule has 0 saturated carbocycles. The molecule has 150 valence electrons. The average Bonchev–Trinajstić information content (AvgIpc) is 3.33. The van der Waals surface area contributed by atoms with Crippen LogP contribution in [0.3, 0.4) is 0 Å². The summed E-state index contributed by atoms with van der Waals surface area (Å²) in [5.41, 5.74) is 1.34. The van der Waals surface area contributed by atoms with E-state index in [1.807, 2.05) is 0 Å². The third kappa shape index (κ3) is 3.98. The van der Waals surface area contributed by atoms with Crippen molar-refractivity contribution in [2.75, 3.05) is 19.3 Å². The van der Waals surface area contributed by atoms with Gasteiger partial charge in [-0.25, -0.2) is 18.4 Å². The molecule has 0 N–H and O–H groups in total. The molecular formula is C17H19ClN4O4S2. The summed E-state index contributed by atoms with van der Waals surface area (Å²) in [7, 11) is -1.67. The average molecular weight is 443 g/mol. The normalized spacial score (nSPS) is 15.0. The van der Waals surface area contributed by atoms with Crippen LogP contribution in [0.5, 0.6) is 0 Å². The minimum atomic E-state index is -3.38. The molecule has 2 aromatic rings. The number of aryl methyl sites for hydroxylation is 2. The third-order valence-corrected chi connectivity index (χ3v) is 7.61. The van der Waals surface area contributed by atoms with E-state index in [0.717, 1.165) is 17.6 Å². The van der Waals surface area contributed by atoms with Gasteiger partial charge in [0, 0.05) is 38.0 Å². The Morgan fingerprint density at radius 3 is 2.50 bits per heavy atom. The first-order valence-electron chi connectivity index (χ1n) is 8.40. The number of hydrogen-bond donors (Lipinski definition) is 0. The van der Waals surface area contributed by atoms with E-state index in [0.29, 0.717) is 35.9 Å². The molecular weight excluding hydrogens is 424 g/mol. The van der Waals surface area contributed by atoms with Gasteiger partial charge in [0.2, 0.25) is 0 Å². The van der Waals surface area contributed by atoms with E-state index in [2.05, 4.69) is 5.10 Å². The second-order valence-corrected chi connectivity index (χ2v) is 10.1. The van der Waals surface area contributed by atoms with Gasteiger partial charge in [-0.1, -0.05) is 11.6 Å². The molecule has 8 nitrogen and oxygen atoms in total. The van der Waals surface area contributed by atoms with E-state index < -0.39 is 15.7 Å². The lowest BCUT2D eigenvalue weighted by Crippen LogP contribution is -2.43. The first-order valence-corrected chi connectivity index (χ1v) is 11.5. The van der Waals surface area contributed by atoms with Gasteiger partial charge in [-0.2, -0.15) is 5.10 Å². The molecule has 0 aromatic carbocycles. The second-order valence-electron chi connectivity index (χ2n) is 6.38. The lowest BCUT2D eigenvalue weighted by atomic mass is 10.2. The molecule has 1 saturated heterocycles. The Kier molecular flexibility index (Phi) is 5.64. The van der Waals surface area contributed by atoms with Gasteiger partial charge in [-0.3, -0.25) is 14.3 Å². The Bertz CT molecular complexity index is 1070. The van der Waals surface area contributed by atoms with Crippen molar-refractivity contribution in [2.24, 2.45) is 7.05 Å². The van der Waals surface area contributed by atoms with Crippen LogP contribution >= 0.6 is 22.9 Å². The fourth-order valence-electron chi connectivity index (χ4n) is 2.89. The van der Waals surface area contributed by atoms with Crippen LogP contribution in [0, 0.1) is 6.92 Å². The van der Waals surface area contributed by atoms with Crippen molar-refractivity contribution in [3.63, 3.8) is 0 Å². The van der Waals surface area contributed by atoms with Crippen LogP contribution in [0.15, 0.2) is 22.4 Å². The van der Waals surface area contributed by atoms with E-state index >= 15 is 0 Å². The van der Waals surface area contributed by atoms with Crippen LogP contribution in [-0.2, 0) is 21.7 Å². The van der Waals surface area contributed by atoms with Gasteiger partial charge in [0.05, 0.1) is 10.6 Å². The maximum absolute atomic E-state index is 12.8. The Balaban J connectivity index is 1.78. The van der Waals surface area contributed by atoms with Crippen LogP contribution in [0.2, 0.25) is 5.15 Å². The van der Waals surface area contributed by atoms with Crippen LogP contribution in [0.4, 0.5) is 0 Å². The first kappa shape index (κ1) is 20.6. The van der Waals surface area contributed by atoms with Crippen molar-refractivity contribution < 1.29 is 18.0 Å². The van der Waals surface area contributed by atoms with E-state index in [-0.39, 0.29) is 15.0 Å². The number of sulfone groups is 1. The number of carbonyl (C=O) groups is 2. The van der Waals surface area contributed by atoms with Gasteiger partial charge in [-0.15, -0.1) is 11.3 Å². The summed E-state index contributed by atoms with van der Waals surface area (Å²) in [5.74, 6) is -0.750. The maximum atomic E-state index is 12.8. The molecule has 3 rings (SSSR count). The summed E-state index contributed by atoms with van der Waals surface area (Å²) in [6.45, 7) is 2.58. The van der Waals surface area contributed by atoms with Crippen LogP contribution in [0.25, 0.3) is 6.08 Å². The monoisotopic (exact) mass is 442 g/mol. The number of nitrogens with zero attached hydrogens (tertiary/aromatic N) is 4. The molecule has 11 heteroatoms. The molecule has 2 amide bonds. The third-order valence-electron chi connectivity index (χ3n) is 4.27. The van der Waals surface area contributed by atoms with Crippen molar-refractivity contribution in [1.82, 2.24) is 19.8 Å². The molecule has 0 aliphatic carbocycles. The molecule has 0 spiro atoms. The minimum absolute atomic E-state index is 0.120. The highest BCUT2D eigenvalue weighted by atomic mass is 35.5. The number of halogens is 1. The van der Waals surface area contributed by atoms with Crippen molar-refractivity contribution in [1.29, 1.82) is 0 Å². The first-order chi connectivity index (χ1) is 13.1. The summed E-state index contributed by atoms with van der Waals surface area (Å²) in [6.07, 6.45) is 4.68. The largest absolute Gasteiger partial charge is 0.282 e. The van der Waals surface area contributed by atoms with Crippen molar-refractivity contribution >= 4 is 50.7 Å². The molecule has 0 radical (unpaired) electrons. The predicted octanol–water partition coefficient (Wildman–Crippen LogP) is 2.15. The highest BCUT2D eigenvalue weighted by Crippen LogP contribution is 2.25. The maximum Gasteiger partial charge on any atom is 0.282 e. The molecule has 3 heterocycles. The number of hydrazine groups is 1. The number of rotatable bonds is 4. The van der Waals surface area contributed by atoms with Crippen LogP contribution in [0.1, 0.15) is 27.3 Å². The van der Waals surface area contributed by atoms with Crippen molar-refractivity contribution in [3.8, 4) is 0 Å². The molecule has 0 bridgehead atoms. The van der Waals surface area contributed by atoms with Crippen molar-refractivity contribution in [2.45, 2.75) is 17.6 Å². The standard InChI is InChI=1S/C17H19ClN4O4S2/c1-11-12(16(18)20(2)19-11)5-7-14(23)21-9-4-10-22(21)17(24)13-6-8-15(27-13)28(3,25)26/h5-8H,4,9-10H2,1-3H3. The molecule has 28 heavy (non-hydrogen) atoms. The molecule has 2 aromatic heterocycles. The summed E-state index contributed by atoms with van der Waals surface area (Å²) in [6, 6.07) is 2.88. The second kappa shape index (κ2) is 7.69. The smallest absolute Gasteiger partial charge is 0.268 e. The van der Waals surface area contributed by atoms with Gasteiger partial charge < -0.3 is 0 Å². The number of thiophene rings is 1. The summed E-state index contributed by atoms with van der Waals surface area (Å²) < 4.78 is 24.9. The zero-order valence-corrected chi connectivity index (χ0v) is 17.9. The lowest BCUT2D eigenvalue weighted by Gasteiger charge is -2.26. The molecule has 1 aliphatic rings. The van der Waals surface area contributed by atoms with Gasteiger partial charge in [0.1, 0.15) is 9.36 Å². The quantitative estimate of drug-likeness (QED) is 0.676. The van der Waals surface area contributed by atoms with Gasteiger partial charge in [0.25, 0.3) is 11.8 Å². The zero-order chi connectivity index (χ0) is 20.6. The minimum Gasteiger partial charge on any atom is -0.268 e. The van der Waals surface area contributed by atoms with Crippen LogP contribution in [-0.4, -0.2) is 59.4 Å². The number of aromatic nitrogens is 2. The van der Waals surface area contributed by atoms with E-state index in [1.165, 1.54) is 32.9 Å². The lowest BCUT2D eigenvalue weighted by molar-refractivity contribution is -0.134.